The van der Waals surface area contributed by atoms with Crippen LogP contribution in [0.2, 0.25) is 0 Å². The van der Waals surface area contributed by atoms with Crippen LogP contribution < -0.4 is 0 Å². The maximum atomic E-state index is 4.49. The summed E-state index contributed by atoms with van der Waals surface area (Å²) >= 11 is 1.77. The van der Waals surface area contributed by atoms with Crippen LogP contribution in [0.1, 0.15) is 23.2 Å². The van der Waals surface area contributed by atoms with Crippen LogP contribution in [0.4, 0.5) is 0 Å². The molecule has 0 aromatic carbocycles. The second-order valence-electron chi connectivity index (χ2n) is 2.98. The van der Waals surface area contributed by atoms with E-state index in [1.165, 1.54) is 16.3 Å². The van der Waals surface area contributed by atoms with Crippen LogP contribution in [0, 0.1) is 13.8 Å². The van der Waals surface area contributed by atoms with E-state index < -0.39 is 0 Å². The summed E-state index contributed by atoms with van der Waals surface area (Å²) in [6.07, 6.45) is 3.15. The van der Waals surface area contributed by atoms with E-state index >= 15 is 0 Å². The molecule has 3 heteroatoms. The molecule has 0 atom stereocenters. The summed E-state index contributed by atoms with van der Waals surface area (Å²) in [4.78, 5) is 6.98. The van der Waals surface area contributed by atoms with E-state index in [9.17, 15) is 0 Å². The minimum Gasteiger partial charge on any atom is -0.294 e. The molecule has 0 spiro atoms. The summed E-state index contributed by atoms with van der Waals surface area (Å²) in [6, 6.07) is 0. The predicted molar refractivity (Wildman–Crippen MR) is 51.9 cm³/mol. The fraction of sp³-hybridized carbons (Fsp3) is 0.444. The Morgan fingerprint density at radius 2 is 2.25 bits per heavy atom. The van der Waals surface area contributed by atoms with Crippen LogP contribution in [0.15, 0.2) is 6.20 Å². The Balaban J connectivity index is 2.71. The third kappa shape index (κ3) is 0.966. The minimum absolute atomic E-state index is 1.02. The van der Waals surface area contributed by atoms with Gasteiger partial charge >= 0.3 is 0 Å². The summed E-state index contributed by atoms with van der Waals surface area (Å²) in [5.74, 6) is 0. The Morgan fingerprint density at radius 3 is 2.83 bits per heavy atom. The molecule has 0 saturated heterocycles. The average Bonchev–Trinajstić information content (AvgIpc) is 2.55. The molecule has 64 valence electrons. The van der Waals surface area contributed by atoms with Crippen LogP contribution in [0.5, 0.6) is 0 Å². The number of nitrogens with zero attached hydrogens (tertiary/aromatic N) is 2. The highest BCUT2D eigenvalue weighted by atomic mass is 32.1. The molecule has 2 nitrogen and oxygen atoms in total. The first kappa shape index (κ1) is 7.80. The summed E-state index contributed by atoms with van der Waals surface area (Å²) in [7, 11) is 0. The fourth-order valence-electron chi connectivity index (χ4n) is 1.27. The molecule has 0 radical (unpaired) electrons. The molecule has 0 bridgehead atoms. The first-order valence-corrected chi connectivity index (χ1v) is 4.98. The molecule has 0 aliphatic carbocycles. The topological polar surface area (TPSA) is 17.3 Å². The number of fused-ring (bicyclic) bond motifs is 1. The summed E-state index contributed by atoms with van der Waals surface area (Å²) in [5, 5.41) is 0. The van der Waals surface area contributed by atoms with Gasteiger partial charge in [-0.3, -0.25) is 4.40 Å². The lowest BCUT2D eigenvalue weighted by molar-refractivity contribution is 1.06. The highest BCUT2D eigenvalue weighted by molar-refractivity contribution is 7.17. The molecule has 2 heterocycles. The van der Waals surface area contributed by atoms with Crippen LogP contribution in [0.3, 0.4) is 0 Å². The smallest absolute Gasteiger partial charge is 0.194 e. The van der Waals surface area contributed by atoms with Gasteiger partial charge in [0.1, 0.15) is 0 Å². The lowest BCUT2D eigenvalue weighted by atomic mass is 10.4. The predicted octanol–water partition coefficient (Wildman–Crippen LogP) is 2.58. The van der Waals surface area contributed by atoms with Gasteiger partial charge in [0.15, 0.2) is 4.96 Å². The molecule has 0 aliphatic rings. The number of rotatable bonds is 1. The van der Waals surface area contributed by atoms with Crippen molar-refractivity contribution in [1.82, 2.24) is 9.38 Å². The van der Waals surface area contributed by atoms with E-state index in [-0.39, 0.29) is 0 Å². The molecule has 0 fully saturated rings. The second-order valence-corrected chi connectivity index (χ2v) is 4.16. The zero-order valence-corrected chi connectivity index (χ0v) is 8.40. The SMILES string of the molecule is CCc1cn2c(C)c(C)sc2n1. The molecule has 0 unspecified atom stereocenters. The Hall–Kier alpha value is -0.830. The largest absolute Gasteiger partial charge is 0.294 e. The molecule has 2 aromatic heterocycles. The van der Waals surface area contributed by atoms with Crippen molar-refractivity contribution in [3.05, 3.63) is 22.5 Å². The lowest BCUT2D eigenvalue weighted by Crippen LogP contribution is -1.82. The van der Waals surface area contributed by atoms with Gasteiger partial charge in [-0.15, -0.1) is 11.3 Å². The van der Waals surface area contributed by atoms with Gasteiger partial charge in [0.25, 0.3) is 0 Å². The zero-order valence-electron chi connectivity index (χ0n) is 7.59. The molecule has 0 saturated carbocycles. The molecule has 12 heavy (non-hydrogen) atoms. The molecule has 0 aliphatic heterocycles. The quantitative estimate of drug-likeness (QED) is 0.659. The van der Waals surface area contributed by atoms with Gasteiger partial charge in [0.05, 0.1) is 5.69 Å². The number of hydrogen-bond acceptors (Lipinski definition) is 2. The maximum absolute atomic E-state index is 4.49. The average molecular weight is 180 g/mol. The van der Waals surface area contributed by atoms with Gasteiger partial charge in [-0.05, 0) is 20.3 Å². The first-order chi connectivity index (χ1) is 5.72. The fourth-order valence-corrected chi connectivity index (χ4v) is 2.24. The van der Waals surface area contributed by atoms with Crippen LogP contribution in [0.25, 0.3) is 4.96 Å². The highest BCUT2D eigenvalue weighted by Gasteiger charge is 2.06. The zero-order chi connectivity index (χ0) is 8.72. The summed E-state index contributed by atoms with van der Waals surface area (Å²) in [6.45, 7) is 6.41. The van der Waals surface area contributed by atoms with Gasteiger partial charge in [-0.25, -0.2) is 4.98 Å². The van der Waals surface area contributed by atoms with Crippen molar-refractivity contribution in [1.29, 1.82) is 0 Å². The number of aromatic nitrogens is 2. The van der Waals surface area contributed by atoms with Crippen LogP contribution in [-0.4, -0.2) is 9.38 Å². The summed E-state index contributed by atoms with van der Waals surface area (Å²) < 4.78 is 2.18. The van der Waals surface area contributed by atoms with Gasteiger partial charge in [-0.1, -0.05) is 6.92 Å². The second kappa shape index (κ2) is 2.59. The van der Waals surface area contributed by atoms with E-state index in [0.29, 0.717) is 0 Å². The van der Waals surface area contributed by atoms with Crippen LogP contribution >= 0.6 is 11.3 Å². The number of aryl methyl sites for hydroxylation is 3. The monoisotopic (exact) mass is 180 g/mol. The molecular formula is C9H12N2S. The number of imidazole rings is 1. The molecule has 0 amide bonds. The third-order valence-corrected chi connectivity index (χ3v) is 3.27. The van der Waals surface area contributed by atoms with Crippen molar-refractivity contribution in [2.45, 2.75) is 27.2 Å². The van der Waals surface area contributed by atoms with Crippen LogP contribution in [-0.2, 0) is 6.42 Å². The lowest BCUT2D eigenvalue weighted by Gasteiger charge is -1.88. The van der Waals surface area contributed by atoms with Crippen molar-refractivity contribution in [3.8, 4) is 0 Å². The molecular weight excluding hydrogens is 168 g/mol. The molecule has 2 aromatic rings. The van der Waals surface area contributed by atoms with Crippen molar-refractivity contribution in [3.63, 3.8) is 0 Å². The Labute approximate surface area is 75.9 Å². The summed E-state index contributed by atoms with van der Waals surface area (Å²) in [5.41, 5.74) is 2.51. The van der Waals surface area contributed by atoms with E-state index in [0.717, 1.165) is 11.4 Å². The standard InChI is InChI=1S/C9H12N2S/c1-4-8-5-11-6(2)7(3)12-9(11)10-8/h5H,4H2,1-3H3. The van der Waals surface area contributed by atoms with Crippen molar-refractivity contribution in [2.75, 3.05) is 0 Å². The maximum Gasteiger partial charge on any atom is 0.194 e. The van der Waals surface area contributed by atoms with E-state index in [4.69, 9.17) is 0 Å². The van der Waals surface area contributed by atoms with Gasteiger partial charge < -0.3 is 0 Å². The Kier molecular flexibility index (Phi) is 1.68. The minimum atomic E-state index is 1.02. The number of hydrogen-bond donors (Lipinski definition) is 0. The van der Waals surface area contributed by atoms with Crippen molar-refractivity contribution in [2.24, 2.45) is 0 Å². The third-order valence-electron chi connectivity index (χ3n) is 2.20. The highest BCUT2D eigenvalue weighted by Crippen LogP contribution is 2.21. The number of thiazole rings is 1. The Morgan fingerprint density at radius 1 is 1.50 bits per heavy atom. The van der Waals surface area contributed by atoms with Crippen molar-refractivity contribution < 1.29 is 0 Å². The molecule has 0 N–H and O–H groups in total. The van der Waals surface area contributed by atoms with Crippen molar-refractivity contribution >= 4 is 16.3 Å². The first-order valence-electron chi connectivity index (χ1n) is 4.16. The molecule has 2 rings (SSSR count). The van der Waals surface area contributed by atoms with Gasteiger partial charge in [0.2, 0.25) is 0 Å². The van der Waals surface area contributed by atoms with Gasteiger partial charge in [0, 0.05) is 16.8 Å². The van der Waals surface area contributed by atoms with E-state index in [1.54, 1.807) is 11.3 Å². The van der Waals surface area contributed by atoms with E-state index in [1.807, 2.05) is 0 Å². The Bertz CT molecular complexity index is 411. The van der Waals surface area contributed by atoms with E-state index in [2.05, 4.69) is 36.4 Å². The normalized spacial score (nSPS) is 11.2. The van der Waals surface area contributed by atoms with Gasteiger partial charge in [-0.2, -0.15) is 0 Å².